The first kappa shape index (κ1) is 71.3. The molecule has 4 N–H and O–H groups in total. The number of aliphatic hydroxyl groups is 2. The minimum atomic E-state index is -1.03. The zero-order valence-electron chi connectivity index (χ0n) is 49.3. The average Bonchev–Trinajstić information content (AvgIpc) is 3.85. The van der Waals surface area contributed by atoms with Crippen molar-refractivity contribution in [3.63, 3.8) is 0 Å². The monoisotopic (exact) mass is 1090 g/mol. The van der Waals surface area contributed by atoms with Gasteiger partial charge in [0.2, 0.25) is 11.8 Å². The third-order valence-electron chi connectivity index (χ3n) is 14.6. The fourth-order valence-electron chi connectivity index (χ4n) is 9.73. The number of thioether (sulfide) groups is 1. The van der Waals surface area contributed by atoms with Gasteiger partial charge in [0, 0.05) is 30.8 Å². The van der Waals surface area contributed by atoms with Gasteiger partial charge >= 0.3 is 11.9 Å². The van der Waals surface area contributed by atoms with E-state index < -0.39 is 30.8 Å². The minimum absolute atomic E-state index is 0.00188. The van der Waals surface area contributed by atoms with Crippen LogP contribution in [0.5, 0.6) is 0 Å². The summed E-state index contributed by atoms with van der Waals surface area (Å²) < 4.78 is 13.0. The summed E-state index contributed by atoms with van der Waals surface area (Å²) >= 11 is 1.35. The number of carbonyl (C=O) groups excluding carboxylic acids is 4. The lowest BCUT2D eigenvalue weighted by molar-refractivity contribution is -0.157. The van der Waals surface area contributed by atoms with E-state index >= 15 is 0 Å². The maximum Gasteiger partial charge on any atom is 0.306 e. The Hall–Kier alpha value is -2.71. The van der Waals surface area contributed by atoms with E-state index in [-0.39, 0.29) is 48.3 Å². The van der Waals surface area contributed by atoms with Crippen LogP contribution in [0.4, 0.5) is 5.82 Å². The summed E-state index contributed by atoms with van der Waals surface area (Å²) in [5.74, 6) is -0.738. The number of aromatic nitrogens is 3. The molecule has 0 aromatic carbocycles. The Balaban J connectivity index is 2.73. The molecule has 0 unspecified atom stereocenters. The third-order valence-corrected chi connectivity index (χ3v) is 15.8. The molecule has 0 radical (unpaired) electrons. The second kappa shape index (κ2) is 54.3. The molecule has 3 atom stereocenters. The van der Waals surface area contributed by atoms with Gasteiger partial charge in [-0.2, -0.15) is 11.8 Å². The van der Waals surface area contributed by atoms with E-state index in [0.29, 0.717) is 19.3 Å². The Bertz CT molecular complexity index is 1480. The summed E-state index contributed by atoms with van der Waals surface area (Å²) in [5.41, 5.74) is 0. The van der Waals surface area contributed by atoms with Gasteiger partial charge in [0.1, 0.15) is 18.8 Å². The number of aliphatic hydroxyl groups excluding tert-OH is 2. The van der Waals surface area contributed by atoms with Gasteiger partial charge in [0.15, 0.2) is 5.82 Å². The highest BCUT2D eigenvalue weighted by Gasteiger charge is 2.24. The van der Waals surface area contributed by atoms with Crippen LogP contribution in [0.2, 0.25) is 0 Å². The van der Waals surface area contributed by atoms with Crippen molar-refractivity contribution in [3.05, 3.63) is 6.20 Å². The molecule has 1 heterocycles. The lowest BCUT2D eigenvalue weighted by atomic mass is 10.0. The maximum absolute atomic E-state index is 13.7. The van der Waals surface area contributed by atoms with Crippen molar-refractivity contribution in [3.8, 4) is 0 Å². The van der Waals surface area contributed by atoms with Crippen LogP contribution in [0.15, 0.2) is 6.20 Å². The van der Waals surface area contributed by atoms with Crippen LogP contribution in [0, 0.1) is 0 Å². The zero-order valence-corrected chi connectivity index (χ0v) is 50.1. The van der Waals surface area contributed by atoms with Gasteiger partial charge in [-0.15, -0.1) is 5.10 Å². The Morgan fingerprint density at radius 2 is 0.895 bits per heavy atom. The fraction of sp³-hybridized carbons (Fsp3) is 0.903. The predicted octanol–water partition coefficient (Wildman–Crippen LogP) is 15.9. The zero-order chi connectivity index (χ0) is 55.2. The van der Waals surface area contributed by atoms with Crippen LogP contribution in [0.3, 0.4) is 0 Å². The molecule has 0 fully saturated rings. The van der Waals surface area contributed by atoms with E-state index in [2.05, 4.69) is 41.7 Å². The molecule has 1 rings (SSSR count). The van der Waals surface area contributed by atoms with Crippen molar-refractivity contribution in [2.75, 3.05) is 30.0 Å². The number of nitrogens with one attached hydrogen (secondary N) is 2. The van der Waals surface area contributed by atoms with E-state index in [9.17, 15) is 29.4 Å². The number of carbonyl (C=O) groups is 4. The van der Waals surface area contributed by atoms with E-state index in [4.69, 9.17) is 9.47 Å². The van der Waals surface area contributed by atoms with Crippen LogP contribution >= 0.6 is 11.8 Å². The van der Waals surface area contributed by atoms with Gasteiger partial charge in [0.05, 0.1) is 25.5 Å². The van der Waals surface area contributed by atoms with Crippen LogP contribution in [0.25, 0.3) is 0 Å². The molecular formula is C62H117N5O8S. The summed E-state index contributed by atoms with van der Waals surface area (Å²) in [6.45, 7) is 6.26. The lowest BCUT2D eigenvalue weighted by Crippen LogP contribution is -2.45. The van der Waals surface area contributed by atoms with Crippen molar-refractivity contribution in [1.82, 2.24) is 20.3 Å². The van der Waals surface area contributed by atoms with Crippen molar-refractivity contribution in [1.29, 1.82) is 0 Å². The van der Waals surface area contributed by atoms with Gasteiger partial charge < -0.3 is 30.3 Å². The van der Waals surface area contributed by atoms with E-state index in [1.807, 2.05) is 0 Å². The van der Waals surface area contributed by atoms with Crippen LogP contribution in [0.1, 0.15) is 310 Å². The quantitative estimate of drug-likeness (QED) is 0.0360. The van der Waals surface area contributed by atoms with Crippen molar-refractivity contribution < 1.29 is 38.9 Å². The second-order valence-electron chi connectivity index (χ2n) is 22.1. The molecule has 1 aromatic heterocycles. The number of unbranched alkanes of at least 4 members (excludes halogenated alkanes) is 39. The van der Waals surface area contributed by atoms with Gasteiger partial charge in [0.25, 0.3) is 0 Å². The molecule has 0 aliphatic rings. The number of rotatable bonds is 58. The highest BCUT2D eigenvalue weighted by Crippen LogP contribution is 2.19. The van der Waals surface area contributed by atoms with Gasteiger partial charge in [-0.05, 0) is 19.3 Å². The summed E-state index contributed by atoms with van der Waals surface area (Å²) in [4.78, 5) is 53.2. The third kappa shape index (κ3) is 46.2. The van der Waals surface area contributed by atoms with Crippen molar-refractivity contribution in [2.24, 2.45) is 0 Å². The SMILES string of the molecule is CCCCCCCCCCCCCCCCC(=O)N[C@H](CSC[C@@H](COC(=O)CCCCCCCCCCCCCCCC)OC(=O)CCCCCCCCCCCCCCCC)C(=O)Nc1cn(C[C@@H](O)CO)nn1. The number of hydrogen-bond donors (Lipinski definition) is 4. The Labute approximate surface area is 469 Å². The summed E-state index contributed by atoms with van der Waals surface area (Å²) in [6.07, 6.45) is 52.3. The lowest BCUT2D eigenvalue weighted by Gasteiger charge is -2.21. The molecule has 0 aliphatic heterocycles. The summed E-state index contributed by atoms with van der Waals surface area (Å²) in [5, 5.41) is 32.8. The number of amides is 2. The van der Waals surface area contributed by atoms with E-state index in [0.717, 1.165) is 64.2 Å². The number of nitrogens with zero attached hydrogens (tertiary/aromatic N) is 3. The molecule has 2 amide bonds. The highest BCUT2D eigenvalue weighted by atomic mass is 32.2. The number of hydrogen-bond acceptors (Lipinski definition) is 11. The first-order valence-electron chi connectivity index (χ1n) is 31.9. The molecule has 0 bridgehead atoms. The smallest absolute Gasteiger partial charge is 0.306 e. The predicted molar refractivity (Wildman–Crippen MR) is 317 cm³/mol. The second-order valence-corrected chi connectivity index (χ2v) is 23.2. The first-order valence-corrected chi connectivity index (χ1v) is 33.1. The first-order chi connectivity index (χ1) is 37.2. The molecule has 0 saturated heterocycles. The molecule has 76 heavy (non-hydrogen) atoms. The molecule has 0 aliphatic carbocycles. The number of esters is 2. The molecule has 1 aromatic rings. The Morgan fingerprint density at radius 1 is 0.526 bits per heavy atom. The highest BCUT2D eigenvalue weighted by molar-refractivity contribution is 7.99. The van der Waals surface area contributed by atoms with E-state index in [1.54, 1.807) is 0 Å². The standard InChI is InChI=1S/C62H117N5O8S/c1-4-7-10-13-16-19-22-25-28-31-34-37-40-43-46-59(70)63-57(62(73)64-58-50-67(66-65-58)49-55(69)51-68)54-76-53-56(75-61(72)48-45-42-39-36-33-30-27-24-21-18-15-12-9-6-3)52-74-60(71)47-44-41-38-35-32-29-26-23-20-17-14-11-8-5-2/h50,55-57,68-69H,4-49,51-54H2,1-3H3,(H,63,70)(H,64,73)/t55-,56-,57-/m1/s1. The summed E-state index contributed by atoms with van der Waals surface area (Å²) in [7, 11) is 0. The van der Waals surface area contributed by atoms with Gasteiger partial charge in [-0.1, -0.05) is 276 Å². The van der Waals surface area contributed by atoms with Gasteiger partial charge in [-0.3, -0.25) is 19.2 Å². The number of anilines is 1. The summed E-state index contributed by atoms with van der Waals surface area (Å²) in [6, 6.07) is -0.938. The van der Waals surface area contributed by atoms with Crippen molar-refractivity contribution >= 4 is 41.3 Å². The fourth-order valence-corrected chi connectivity index (χ4v) is 10.8. The van der Waals surface area contributed by atoms with Crippen LogP contribution in [-0.2, 0) is 35.2 Å². The maximum atomic E-state index is 13.7. The van der Waals surface area contributed by atoms with Crippen LogP contribution in [-0.4, -0.2) is 91.9 Å². The van der Waals surface area contributed by atoms with Gasteiger partial charge in [-0.25, -0.2) is 4.68 Å². The van der Waals surface area contributed by atoms with Crippen molar-refractivity contribution in [2.45, 2.75) is 335 Å². The Morgan fingerprint density at radius 3 is 1.29 bits per heavy atom. The average molecular weight is 1090 g/mol. The molecule has 0 spiro atoms. The molecular weight excluding hydrogens is 975 g/mol. The normalized spacial score (nSPS) is 12.6. The Kier molecular flexibility index (Phi) is 50.9. The molecule has 444 valence electrons. The van der Waals surface area contributed by atoms with E-state index in [1.165, 1.54) is 228 Å². The molecule has 0 saturated carbocycles. The minimum Gasteiger partial charge on any atom is -0.462 e. The number of ether oxygens (including phenoxy) is 2. The largest absolute Gasteiger partial charge is 0.462 e. The van der Waals surface area contributed by atoms with Crippen LogP contribution < -0.4 is 10.6 Å². The molecule has 14 heteroatoms. The topological polar surface area (TPSA) is 182 Å². The molecule has 13 nitrogen and oxygen atoms in total.